The van der Waals surface area contributed by atoms with Gasteiger partial charge in [0, 0.05) is 53.9 Å². The maximum Gasteiger partial charge on any atom is 0.298 e. The van der Waals surface area contributed by atoms with E-state index in [1.165, 1.54) is 39.9 Å². The second kappa shape index (κ2) is 51.3. The number of anilines is 3. The maximum absolute atomic E-state index is 12.1. The second-order valence-corrected chi connectivity index (χ2v) is 27.7. The highest BCUT2D eigenvalue weighted by Gasteiger charge is 2.22. The Bertz CT molecular complexity index is 4160. The Hall–Kier alpha value is -11.1. The molecule has 2 aliphatic carbocycles. The summed E-state index contributed by atoms with van der Waals surface area (Å²) in [6.07, 6.45) is 14.8. The number of methoxy groups -OCH3 is 4. The van der Waals surface area contributed by atoms with E-state index in [0.717, 1.165) is 100 Å². The van der Waals surface area contributed by atoms with Crippen molar-refractivity contribution in [3.63, 3.8) is 0 Å². The average Bonchev–Trinajstić information content (AvgIpc) is 1.63. The van der Waals surface area contributed by atoms with E-state index in [1.54, 1.807) is 32.9 Å². The number of hydrogen-bond donors (Lipinski definition) is 11. The van der Waals surface area contributed by atoms with Crippen LogP contribution in [0.4, 0.5) is 23.3 Å². The molecule has 5 aromatic heterocycles. The molecule has 7 aromatic rings. The van der Waals surface area contributed by atoms with Crippen LogP contribution in [0.2, 0.25) is 0 Å². The fraction of sp³-hybridized carbons (Fsp3) is 0.558. The number of nitrogens with one attached hydrogen (secondary N) is 7. The van der Waals surface area contributed by atoms with Gasteiger partial charge in [0.2, 0.25) is 12.1 Å². The molecule has 2 aromatic carbocycles. The van der Waals surface area contributed by atoms with Gasteiger partial charge in [-0.2, -0.15) is 26.0 Å². The zero-order valence-electron chi connectivity index (χ0n) is 68.0. The molecule has 0 bridgehead atoms. The molecule has 0 aliphatic heterocycles. The summed E-state index contributed by atoms with van der Waals surface area (Å²) in [5.74, 6) is 22.2. The van der Waals surface area contributed by atoms with Gasteiger partial charge in [-0.05, 0) is 107 Å². The van der Waals surface area contributed by atoms with Gasteiger partial charge in [0.05, 0.1) is 70.7 Å². The van der Waals surface area contributed by atoms with Crippen LogP contribution in [0.25, 0.3) is 11.2 Å². The summed E-state index contributed by atoms with van der Waals surface area (Å²) in [5, 5.41) is 45.2. The summed E-state index contributed by atoms with van der Waals surface area (Å²) in [6, 6.07) is 15.9. The van der Waals surface area contributed by atoms with Gasteiger partial charge >= 0.3 is 0 Å². The van der Waals surface area contributed by atoms with Crippen molar-refractivity contribution in [3.05, 3.63) is 98.9 Å². The quantitative estimate of drug-likeness (QED) is 0.00668. The van der Waals surface area contributed by atoms with Crippen molar-refractivity contribution in [2.24, 2.45) is 50.4 Å². The minimum atomic E-state index is -0.286. The van der Waals surface area contributed by atoms with Crippen LogP contribution in [-0.2, 0) is 45.5 Å². The smallest absolute Gasteiger partial charge is 0.298 e. The molecule has 5 heterocycles. The molecule has 2 fully saturated rings. The van der Waals surface area contributed by atoms with Crippen molar-refractivity contribution >= 4 is 58.8 Å². The standard InChI is InChI=1S/C21H26N4O3.C20H30N4O3.C7H14N4O.C7H12N4.C7H10N4.C6H10N2O.C5H11NO.C4H7N/c1-13(2)19-23-18-20(24-19)25(12-22-21(18)26)11-14-8-9-16(27-3)17(10-14)28-15-6-4-5-7-15;1-13(2)19-23-16(12-26-21)20(24-19)22-11-14-8-9-17(25-3)18(10-14)27-15-6-4-5-7-15;1-4(2)7-10-5(3-12-9)6(8)11-7;1-4(2)6-10-5(8)7(9-3)11-6;1-6(2)7(11-5-9)10-4-3-8;1-5(2)6(9-3)8-4-7;1-4(2)5(6)7-3;1-4(2)3-5/h8-10,12-13,15H,4-7,11H2,1-3H3,(H,23,24);8-10,13,15,22H,4-7,11-12,21H2,1-3H3,(H,23,24);4H,3,8-9H2,1-2H3,(H,10,11);4H,3,8H2,1-2H3,(H,10,11);6H,4H2,1-2H3,(H,10,11);5H,1-3H3;4,6H,1-3H3;4H,1-2H3. The number of ether oxygens (including phenoxy) is 6. The Kier molecular flexibility index (Phi) is 44.3. The van der Waals surface area contributed by atoms with Crippen LogP contribution in [0, 0.1) is 74.7 Å². The molecule has 2 aliphatic rings. The van der Waals surface area contributed by atoms with Crippen LogP contribution in [0.3, 0.4) is 0 Å². The lowest BCUT2D eigenvalue weighted by atomic mass is 10.2. The Balaban J connectivity index is 0.000000458. The van der Waals surface area contributed by atoms with Crippen LogP contribution in [0.15, 0.2) is 62.5 Å². The molecule has 0 atom stereocenters. The van der Waals surface area contributed by atoms with Crippen LogP contribution >= 0.6 is 0 Å². The number of nitrogens with zero attached hydrogens (tertiary/aromatic N) is 13. The molecular weight excluding hydrogens is 1410 g/mol. The topological polar surface area (TPSA) is 508 Å². The number of aliphatic imine (C=N–C) groups is 3. The van der Waals surface area contributed by atoms with Gasteiger partial charge in [-0.1, -0.05) is 109 Å². The molecule has 0 saturated heterocycles. The van der Waals surface area contributed by atoms with Crippen molar-refractivity contribution in [2.45, 2.75) is 224 Å². The molecule has 0 amide bonds. The number of hydrogen-bond acceptors (Lipinski definition) is 27. The first kappa shape index (κ1) is 95.0. The van der Waals surface area contributed by atoms with Crippen molar-refractivity contribution in [1.29, 1.82) is 26.5 Å². The number of nitrogen functional groups attached to an aromatic ring is 2. The third kappa shape index (κ3) is 33.6. The van der Waals surface area contributed by atoms with Gasteiger partial charge < -0.3 is 69.7 Å². The van der Waals surface area contributed by atoms with Gasteiger partial charge in [0.25, 0.3) is 5.56 Å². The van der Waals surface area contributed by atoms with E-state index in [4.69, 9.17) is 78.2 Å². The number of benzene rings is 2. The van der Waals surface area contributed by atoms with E-state index >= 15 is 0 Å². The summed E-state index contributed by atoms with van der Waals surface area (Å²) < 4.78 is 34.6. The zero-order chi connectivity index (χ0) is 82.6. The van der Waals surface area contributed by atoms with Crippen molar-refractivity contribution in [1.82, 2.24) is 54.7 Å². The highest BCUT2D eigenvalue weighted by Crippen LogP contribution is 2.35. The number of amidine groups is 1. The summed E-state index contributed by atoms with van der Waals surface area (Å²) in [7, 11) is 6.35. The number of nitrogens with two attached hydrogens (primary N) is 4. The predicted octanol–water partition coefficient (Wildman–Crippen LogP) is 13.7. The monoisotopic (exact) mass is 1520 g/mol. The van der Waals surface area contributed by atoms with Gasteiger partial charge in [0.15, 0.2) is 52.1 Å². The highest BCUT2D eigenvalue weighted by molar-refractivity contribution is 5.85. The van der Waals surface area contributed by atoms with E-state index in [2.05, 4.69) is 101 Å². The zero-order valence-corrected chi connectivity index (χ0v) is 68.0. The largest absolute Gasteiger partial charge is 0.493 e. The van der Waals surface area contributed by atoms with Gasteiger partial charge in [-0.15, -0.1) is 4.99 Å². The van der Waals surface area contributed by atoms with Gasteiger partial charge in [-0.3, -0.25) is 30.2 Å². The molecule has 33 nitrogen and oxygen atoms in total. The van der Waals surface area contributed by atoms with Crippen molar-refractivity contribution in [3.8, 4) is 47.5 Å². The van der Waals surface area contributed by atoms with Crippen LogP contribution in [0.5, 0.6) is 23.0 Å². The number of fused-ring (bicyclic) bond motifs is 1. The van der Waals surface area contributed by atoms with Crippen LogP contribution in [0.1, 0.15) is 232 Å². The lowest BCUT2D eigenvalue weighted by Gasteiger charge is -2.17. The first-order chi connectivity index (χ1) is 52.3. The summed E-state index contributed by atoms with van der Waals surface area (Å²) in [4.78, 5) is 66.1. The first-order valence-corrected chi connectivity index (χ1v) is 36.7. The van der Waals surface area contributed by atoms with E-state index in [1.807, 2.05) is 150 Å². The molecular formula is C77H120N24O9. The van der Waals surface area contributed by atoms with Gasteiger partial charge in [-0.25, -0.2) is 36.7 Å². The molecule has 110 heavy (non-hydrogen) atoms. The third-order valence-corrected chi connectivity index (χ3v) is 16.0. The lowest BCUT2D eigenvalue weighted by molar-refractivity contribution is 0.122. The molecule has 9 rings (SSSR count). The minimum absolute atomic E-state index is 0.0994. The van der Waals surface area contributed by atoms with E-state index in [-0.39, 0.29) is 67.1 Å². The molecule has 0 spiro atoms. The van der Waals surface area contributed by atoms with Crippen LogP contribution in [-0.4, -0.2) is 121 Å². The Morgan fingerprint density at radius 3 is 1.55 bits per heavy atom. The minimum Gasteiger partial charge on any atom is -0.493 e. The van der Waals surface area contributed by atoms with Crippen LogP contribution < -0.4 is 58.4 Å². The van der Waals surface area contributed by atoms with E-state index in [9.17, 15) is 4.79 Å². The second-order valence-electron chi connectivity index (χ2n) is 27.7. The average molecular weight is 1530 g/mol. The summed E-state index contributed by atoms with van der Waals surface area (Å²) >= 11 is 0. The number of aromatic amines is 4. The Labute approximate surface area is 648 Å². The summed E-state index contributed by atoms with van der Waals surface area (Å²) in [6.45, 7) is 36.7. The highest BCUT2D eigenvalue weighted by atomic mass is 16.6. The fourth-order valence-electron chi connectivity index (χ4n) is 9.94. The molecule has 602 valence electrons. The number of H-pyrrole nitrogens is 4. The normalized spacial score (nSPS) is 12.5. The third-order valence-electron chi connectivity index (χ3n) is 16.0. The van der Waals surface area contributed by atoms with Crippen molar-refractivity contribution in [2.75, 3.05) is 51.8 Å². The molecule has 33 heteroatoms. The predicted molar refractivity (Wildman–Crippen MR) is 431 cm³/mol. The number of nitriles is 4. The summed E-state index contributed by atoms with van der Waals surface area (Å²) in [5.41, 5.74) is 15.6. The Morgan fingerprint density at radius 1 is 0.655 bits per heavy atom. The number of imidazole rings is 4. The number of rotatable bonds is 24. The van der Waals surface area contributed by atoms with Gasteiger partial charge in [0.1, 0.15) is 72.7 Å². The maximum atomic E-state index is 12.1. The molecule has 2 saturated carbocycles. The molecule has 15 N–H and O–H groups in total. The molecule has 0 radical (unpaired) electrons. The first-order valence-electron chi connectivity index (χ1n) is 36.7. The van der Waals surface area contributed by atoms with E-state index < -0.39 is 0 Å². The lowest BCUT2D eigenvalue weighted by Crippen LogP contribution is -2.23. The van der Waals surface area contributed by atoms with E-state index in [0.29, 0.717) is 77.1 Å². The SMILES string of the molecule is C=Nc1nc(C(C)C)[nH]c1N.CC(C)C#N.CC(C)C(=NCC#N)NC#N.CC(C)c1nc(N)c(CON)[nH]1.COC(=N)C(C)C.COC(=NC#N)C(C)C.COc1ccc(CNc2nc(C(C)C)[nH]c2CON)cc1OC1CCCC1.COc1ccc(Cn2cnc(=O)c3[nH]c(C(C)C)nc32)cc1OC1CCCC1. The fourth-order valence-corrected chi connectivity index (χ4v) is 9.94. The molecule has 0 unspecified atom stereocenters. The Morgan fingerprint density at radius 2 is 1.15 bits per heavy atom. The van der Waals surface area contributed by atoms with Crippen molar-refractivity contribution < 1.29 is 38.1 Å². The number of aromatic nitrogens is 10.